The molecule has 0 amide bonds. The average molecular weight is 611 g/mol. The topological polar surface area (TPSA) is 111 Å². The number of hydrogen-bond acceptors (Lipinski definition) is 6. The van der Waals surface area contributed by atoms with Crippen molar-refractivity contribution in [1.29, 1.82) is 0 Å². The summed E-state index contributed by atoms with van der Waals surface area (Å²) < 4.78 is 14.1. The number of carboxylic acids is 1. The molecule has 8 nitrogen and oxygen atoms in total. The van der Waals surface area contributed by atoms with Crippen molar-refractivity contribution in [2.24, 2.45) is 11.8 Å². The molecular weight excluding hydrogens is 577 g/mol. The van der Waals surface area contributed by atoms with E-state index in [1.807, 2.05) is 32.0 Å². The van der Waals surface area contributed by atoms with Crippen molar-refractivity contribution in [3.8, 4) is 11.3 Å². The molecule has 7 rings (SSSR count). The number of hydrogen-bond donors (Lipinski definition) is 2. The number of benzene rings is 2. The highest BCUT2D eigenvalue weighted by atomic mass is 35.5. The van der Waals surface area contributed by atoms with E-state index in [0.29, 0.717) is 39.2 Å². The number of aliphatic hydroxyl groups is 1. The van der Waals surface area contributed by atoms with Crippen LogP contribution >= 0.6 is 23.2 Å². The Labute approximate surface area is 253 Å². The second kappa shape index (κ2) is 10.4. The van der Waals surface area contributed by atoms with Crippen LogP contribution in [0.3, 0.4) is 0 Å². The van der Waals surface area contributed by atoms with Gasteiger partial charge in [0.1, 0.15) is 11.5 Å². The molecule has 2 unspecified atom stereocenters. The van der Waals surface area contributed by atoms with Crippen LogP contribution in [0.4, 0.5) is 0 Å². The molecule has 3 fully saturated rings. The van der Waals surface area contributed by atoms with E-state index >= 15 is 0 Å². The monoisotopic (exact) mass is 609 g/mol. The van der Waals surface area contributed by atoms with Crippen molar-refractivity contribution in [3.63, 3.8) is 0 Å². The minimum Gasteiger partial charge on any atom is -0.476 e. The van der Waals surface area contributed by atoms with Crippen LogP contribution < -0.4 is 0 Å². The third-order valence-corrected chi connectivity index (χ3v) is 10.1. The minimum absolute atomic E-state index is 0.0187. The fourth-order valence-corrected chi connectivity index (χ4v) is 7.87. The maximum absolute atomic E-state index is 12.2. The Hall–Kier alpha value is -2.91. The number of halogens is 2. The molecular formula is C32H33Cl2N3O5. The lowest BCUT2D eigenvalue weighted by molar-refractivity contribution is -0.116. The smallest absolute Gasteiger partial charge is 0.357 e. The summed E-state index contributed by atoms with van der Waals surface area (Å²) in [6, 6.07) is 11.0. The molecule has 0 aliphatic heterocycles. The summed E-state index contributed by atoms with van der Waals surface area (Å²) in [7, 11) is 0. The summed E-state index contributed by atoms with van der Waals surface area (Å²) in [5, 5.41) is 32.3. The number of ether oxygens (including phenoxy) is 1. The quantitative estimate of drug-likeness (QED) is 0.210. The second-order valence-electron chi connectivity index (χ2n) is 12.4. The van der Waals surface area contributed by atoms with Gasteiger partial charge in [0.05, 0.1) is 33.9 Å². The Balaban J connectivity index is 1.15. The Morgan fingerprint density at radius 3 is 2.43 bits per heavy atom. The number of aromatic carboxylic acids is 1. The molecule has 0 radical (unpaired) electrons. The van der Waals surface area contributed by atoms with Gasteiger partial charge in [-0.25, -0.2) is 4.79 Å². The third kappa shape index (κ3) is 4.46. The van der Waals surface area contributed by atoms with Crippen molar-refractivity contribution in [2.75, 3.05) is 0 Å². The fourth-order valence-electron chi connectivity index (χ4n) is 7.30. The van der Waals surface area contributed by atoms with E-state index in [-0.39, 0.29) is 29.7 Å². The van der Waals surface area contributed by atoms with Gasteiger partial charge >= 0.3 is 5.97 Å². The van der Waals surface area contributed by atoms with E-state index in [0.717, 1.165) is 60.9 Å². The Morgan fingerprint density at radius 2 is 1.81 bits per heavy atom. The molecule has 3 aliphatic rings. The van der Waals surface area contributed by atoms with Gasteiger partial charge in [-0.2, -0.15) is 5.10 Å². The van der Waals surface area contributed by atoms with Gasteiger partial charge in [0.25, 0.3) is 0 Å². The summed E-state index contributed by atoms with van der Waals surface area (Å²) in [5.74, 6) is 0.190. The highest BCUT2D eigenvalue weighted by molar-refractivity contribution is 6.39. The first-order valence-electron chi connectivity index (χ1n) is 14.7. The number of rotatable bonds is 8. The standard InChI is InChI=1S/C32H33Cl2N3O5/c1-16(2)37-26-14-20(10-11-22(26)29(35-37)31(38)39)32(40)18-8-9-19(32)13-21(12-18)41-15-23-28(36-42-30(23)17-6-7-17)27-24(33)4-3-5-25(27)34/h3-5,10-11,14,16-19,21,40H,6-9,12-13,15H2,1-2H3,(H,38,39). The molecule has 0 saturated heterocycles. The first-order valence-corrected chi connectivity index (χ1v) is 15.4. The number of aromatic nitrogens is 3. The van der Waals surface area contributed by atoms with Crippen molar-refractivity contribution < 1.29 is 24.3 Å². The molecule has 4 aromatic rings. The summed E-state index contributed by atoms with van der Waals surface area (Å²) in [6.07, 6.45) is 5.36. The van der Waals surface area contributed by atoms with Gasteiger partial charge in [0, 0.05) is 28.5 Å². The van der Waals surface area contributed by atoms with Gasteiger partial charge in [-0.3, -0.25) is 4.68 Å². The molecule has 220 valence electrons. The predicted octanol–water partition coefficient (Wildman–Crippen LogP) is 7.75. The molecule has 2 N–H and O–H groups in total. The molecule has 2 bridgehead atoms. The maximum atomic E-state index is 12.2. The molecule has 3 saturated carbocycles. The lowest BCUT2D eigenvalue weighted by Gasteiger charge is -2.43. The van der Waals surface area contributed by atoms with Crippen LogP contribution in [0.5, 0.6) is 0 Å². The third-order valence-electron chi connectivity index (χ3n) is 9.49. The van der Waals surface area contributed by atoms with E-state index in [2.05, 4.69) is 10.3 Å². The van der Waals surface area contributed by atoms with Gasteiger partial charge in [0.15, 0.2) is 5.69 Å². The lowest BCUT2D eigenvalue weighted by atomic mass is 9.69. The predicted molar refractivity (Wildman–Crippen MR) is 159 cm³/mol. The normalized spacial score (nSPS) is 25.5. The van der Waals surface area contributed by atoms with Gasteiger partial charge < -0.3 is 19.5 Å². The second-order valence-corrected chi connectivity index (χ2v) is 13.2. The largest absolute Gasteiger partial charge is 0.476 e. The van der Waals surface area contributed by atoms with E-state index in [1.54, 1.807) is 22.9 Å². The summed E-state index contributed by atoms with van der Waals surface area (Å²) in [6.45, 7) is 4.29. The number of nitrogens with zero attached hydrogens (tertiary/aromatic N) is 3. The average Bonchev–Trinajstić information content (AvgIpc) is 3.57. The van der Waals surface area contributed by atoms with Crippen LogP contribution in [0, 0.1) is 11.8 Å². The molecule has 2 aromatic heterocycles. The first kappa shape index (κ1) is 27.9. The summed E-state index contributed by atoms with van der Waals surface area (Å²) in [4.78, 5) is 11.8. The SMILES string of the molecule is CC(C)n1nc(C(=O)O)c2ccc(C3(O)C4CCC3CC(OCc3c(-c5c(Cl)cccc5Cl)noc3C3CC3)C4)cc21. The molecule has 2 atom stereocenters. The van der Waals surface area contributed by atoms with Gasteiger partial charge in [-0.05, 0) is 94.0 Å². The van der Waals surface area contributed by atoms with E-state index in [4.69, 9.17) is 32.5 Å². The Kier molecular flexibility index (Phi) is 6.89. The summed E-state index contributed by atoms with van der Waals surface area (Å²) in [5.41, 5.74) is 2.79. The van der Waals surface area contributed by atoms with Crippen molar-refractivity contribution in [1.82, 2.24) is 14.9 Å². The van der Waals surface area contributed by atoms with Crippen molar-refractivity contribution in [3.05, 3.63) is 69.0 Å². The highest BCUT2D eigenvalue weighted by Gasteiger charge is 2.54. The fraction of sp³-hybridized carbons (Fsp3) is 0.469. The van der Waals surface area contributed by atoms with Gasteiger partial charge in [-0.15, -0.1) is 0 Å². The maximum Gasteiger partial charge on any atom is 0.357 e. The van der Waals surface area contributed by atoms with Crippen LogP contribution in [-0.4, -0.2) is 37.2 Å². The van der Waals surface area contributed by atoms with Crippen molar-refractivity contribution >= 4 is 40.1 Å². The first-order chi connectivity index (χ1) is 20.2. The molecule has 42 heavy (non-hydrogen) atoms. The van der Waals surface area contributed by atoms with Crippen LogP contribution in [0.25, 0.3) is 22.2 Å². The summed E-state index contributed by atoms with van der Waals surface area (Å²) >= 11 is 13.1. The Morgan fingerprint density at radius 1 is 1.12 bits per heavy atom. The van der Waals surface area contributed by atoms with Crippen LogP contribution in [0.2, 0.25) is 10.0 Å². The van der Waals surface area contributed by atoms with Gasteiger partial charge in [-0.1, -0.05) is 40.5 Å². The zero-order valence-corrected chi connectivity index (χ0v) is 25.0. The minimum atomic E-state index is -1.05. The number of carbonyl (C=O) groups is 1. The van der Waals surface area contributed by atoms with E-state index in [1.165, 1.54) is 0 Å². The van der Waals surface area contributed by atoms with Crippen LogP contribution in [0.1, 0.15) is 91.7 Å². The van der Waals surface area contributed by atoms with Crippen LogP contribution in [0.15, 0.2) is 40.9 Å². The molecule has 2 heterocycles. The number of carboxylic acid groups (broad SMARTS) is 1. The van der Waals surface area contributed by atoms with Crippen molar-refractivity contribution in [2.45, 2.75) is 82.6 Å². The van der Waals surface area contributed by atoms with E-state index < -0.39 is 11.6 Å². The molecule has 10 heteroatoms. The molecule has 0 spiro atoms. The highest BCUT2D eigenvalue weighted by Crippen LogP contribution is 2.56. The number of fused-ring (bicyclic) bond motifs is 3. The lowest BCUT2D eigenvalue weighted by Crippen LogP contribution is -2.44. The van der Waals surface area contributed by atoms with Gasteiger partial charge in [0.2, 0.25) is 0 Å². The molecule has 2 aromatic carbocycles. The zero-order valence-electron chi connectivity index (χ0n) is 23.5. The van der Waals surface area contributed by atoms with Crippen LogP contribution in [-0.2, 0) is 16.9 Å². The Bertz CT molecular complexity index is 1660. The molecule has 3 aliphatic carbocycles. The zero-order chi connectivity index (χ0) is 29.3. The van der Waals surface area contributed by atoms with E-state index in [9.17, 15) is 15.0 Å².